The van der Waals surface area contributed by atoms with Gasteiger partial charge in [0.2, 0.25) is 0 Å². The summed E-state index contributed by atoms with van der Waals surface area (Å²) in [6.45, 7) is 4.50. The van der Waals surface area contributed by atoms with Crippen LogP contribution in [-0.4, -0.2) is 27.8 Å². The minimum atomic E-state index is -2.14. The van der Waals surface area contributed by atoms with E-state index >= 15 is 0 Å². The first-order valence-electron chi connectivity index (χ1n) is 10.0. The number of fused-ring (bicyclic) bond motifs is 5. The number of hydrogen-bond donors (Lipinski definition) is 0. The Balaban J connectivity index is 1.72. The lowest BCUT2D eigenvalue weighted by molar-refractivity contribution is -0.123. The number of Topliss-reactive ketones (excluding diaryl/α,β-unsaturated/α-hetero) is 1. The van der Waals surface area contributed by atoms with Crippen molar-refractivity contribution >= 4 is 19.0 Å². The van der Waals surface area contributed by atoms with E-state index in [1.54, 1.807) is 28.9 Å². The van der Waals surface area contributed by atoms with Crippen molar-refractivity contribution in [1.29, 1.82) is 0 Å². The van der Waals surface area contributed by atoms with Crippen molar-refractivity contribution in [2.24, 2.45) is 0 Å². The molecule has 6 nitrogen and oxygen atoms in total. The Kier molecular flexibility index (Phi) is 3.93. The SMILES string of the molecule is C[Si](C)(c1ccccc1)[C@H]1[C@H]2CCC(=O)[C@@H]1n1c(=O)n(-c3ccccc3)c(=O)n12. The van der Waals surface area contributed by atoms with Crippen molar-refractivity contribution < 1.29 is 4.79 Å². The molecule has 0 saturated heterocycles. The highest BCUT2D eigenvalue weighted by molar-refractivity contribution is 6.91. The van der Waals surface area contributed by atoms with Gasteiger partial charge in [0.15, 0.2) is 5.78 Å². The Morgan fingerprint density at radius 1 is 0.828 bits per heavy atom. The molecule has 3 aromatic rings. The maximum atomic E-state index is 13.3. The zero-order valence-electron chi connectivity index (χ0n) is 16.5. The van der Waals surface area contributed by atoms with Crippen LogP contribution in [0.15, 0.2) is 70.3 Å². The number of benzene rings is 2. The van der Waals surface area contributed by atoms with E-state index in [2.05, 4.69) is 25.2 Å². The van der Waals surface area contributed by atoms with Gasteiger partial charge in [0, 0.05) is 12.0 Å². The second-order valence-electron chi connectivity index (χ2n) is 8.56. The van der Waals surface area contributed by atoms with Gasteiger partial charge in [0.05, 0.1) is 19.8 Å². The van der Waals surface area contributed by atoms with Crippen LogP contribution in [0.2, 0.25) is 18.6 Å². The van der Waals surface area contributed by atoms with E-state index < -0.39 is 19.8 Å². The van der Waals surface area contributed by atoms with Gasteiger partial charge in [0.1, 0.15) is 6.04 Å². The fourth-order valence-electron chi connectivity index (χ4n) is 5.35. The lowest BCUT2D eigenvalue weighted by atomic mass is 9.91. The lowest BCUT2D eigenvalue weighted by Gasteiger charge is -2.39. The topological polar surface area (TPSA) is 66.0 Å². The van der Waals surface area contributed by atoms with Gasteiger partial charge in [-0.25, -0.2) is 23.5 Å². The molecule has 0 spiro atoms. The molecule has 1 fully saturated rings. The summed E-state index contributed by atoms with van der Waals surface area (Å²) in [4.78, 5) is 39.7. The van der Waals surface area contributed by atoms with Crippen LogP contribution in [0, 0.1) is 0 Å². The molecule has 2 aromatic carbocycles. The molecule has 2 heterocycles. The summed E-state index contributed by atoms with van der Waals surface area (Å²) in [5.74, 6) is 0.0707. The molecule has 1 saturated carbocycles. The zero-order chi connectivity index (χ0) is 20.3. The van der Waals surface area contributed by atoms with Crippen LogP contribution in [0.25, 0.3) is 5.69 Å². The molecule has 29 heavy (non-hydrogen) atoms. The van der Waals surface area contributed by atoms with Crippen molar-refractivity contribution in [1.82, 2.24) is 13.9 Å². The average molecular weight is 406 g/mol. The third-order valence-corrected chi connectivity index (χ3v) is 10.9. The monoisotopic (exact) mass is 405 g/mol. The number of para-hydroxylation sites is 1. The fourth-order valence-corrected chi connectivity index (χ4v) is 9.17. The van der Waals surface area contributed by atoms with Crippen molar-refractivity contribution in [3.05, 3.63) is 81.6 Å². The van der Waals surface area contributed by atoms with Crippen LogP contribution in [0.1, 0.15) is 24.9 Å². The third kappa shape index (κ3) is 2.43. The van der Waals surface area contributed by atoms with Gasteiger partial charge in [-0.3, -0.25) is 4.79 Å². The van der Waals surface area contributed by atoms with Crippen molar-refractivity contribution in [3.8, 4) is 5.69 Å². The summed E-state index contributed by atoms with van der Waals surface area (Å²) >= 11 is 0. The maximum Gasteiger partial charge on any atom is 0.352 e. The number of rotatable bonds is 3. The van der Waals surface area contributed by atoms with Gasteiger partial charge in [0.25, 0.3) is 0 Å². The molecular weight excluding hydrogens is 382 g/mol. The lowest BCUT2D eigenvalue weighted by Crippen LogP contribution is -2.52. The first-order chi connectivity index (χ1) is 13.9. The van der Waals surface area contributed by atoms with E-state index in [4.69, 9.17) is 0 Å². The molecule has 7 heteroatoms. The van der Waals surface area contributed by atoms with Gasteiger partial charge in [-0.2, -0.15) is 0 Å². The Hall–Kier alpha value is -2.93. The first-order valence-corrected chi connectivity index (χ1v) is 13.1. The molecule has 1 aliphatic carbocycles. The first kappa shape index (κ1) is 18.1. The summed E-state index contributed by atoms with van der Waals surface area (Å²) in [6, 6.07) is 18.5. The smallest absolute Gasteiger partial charge is 0.297 e. The van der Waals surface area contributed by atoms with Crippen LogP contribution in [0.3, 0.4) is 0 Å². The van der Waals surface area contributed by atoms with E-state index in [-0.39, 0.29) is 23.1 Å². The quantitative estimate of drug-likeness (QED) is 0.628. The maximum absolute atomic E-state index is 13.3. The average Bonchev–Trinajstić information content (AvgIpc) is 3.16. The third-order valence-electron chi connectivity index (χ3n) is 6.72. The fraction of sp³-hybridized carbons (Fsp3) is 0.318. The molecule has 0 radical (unpaired) electrons. The Labute approximate surface area is 169 Å². The highest BCUT2D eigenvalue weighted by Crippen LogP contribution is 2.52. The number of ketones is 1. The number of carbonyl (C=O) groups excluding carboxylic acids is 1. The molecule has 2 aliphatic rings. The van der Waals surface area contributed by atoms with E-state index in [0.717, 1.165) is 0 Å². The van der Waals surface area contributed by atoms with Gasteiger partial charge >= 0.3 is 11.4 Å². The van der Waals surface area contributed by atoms with Crippen molar-refractivity contribution in [3.63, 3.8) is 0 Å². The number of nitrogens with zero attached hydrogens (tertiary/aromatic N) is 3. The van der Waals surface area contributed by atoms with Gasteiger partial charge in [-0.15, -0.1) is 0 Å². The minimum Gasteiger partial charge on any atom is -0.297 e. The van der Waals surface area contributed by atoms with Crippen molar-refractivity contribution in [2.45, 2.75) is 43.6 Å². The van der Waals surface area contributed by atoms with Gasteiger partial charge in [-0.05, 0) is 18.6 Å². The second kappa shape index (κ2) is 6.28. The Morgan fingerprint density at radius 2 is 1.41 bits per heavy atom. The molecule has 1 aliphatic heterocycles. The van der Waals surface area contributed by atoms with Crippen LogP contribution in [-0.2, 0) is 4.79 Å². The predicted octanol–water partition coefficient (Wildman–Crippen LogP) is 2.25. The van der Waals surface area contributed by atoms with Crippen LogP contribution in [0.4, 0.5) is 0 Å². The zero-order valence-corrected chi connectivity index (χ0v) is 17.5. The molecule has 148 valence electrons. The Bertz CT molecular complexity index is 1210. The summed E-state index contributed by atoms with van der Waals surface area (Å²) in [5, 5.41) is 1.25. The van der Waals surface area contributed by atoms with E-state index in [0.29, 0.717) is 18.5 Å². The van der Waals surface area contributed by atoms with Crippen molar-refractivity contribution in [2.75, 3.05) is 0 Å². The van der Waals surface area contributed by atoms with Gasteiger partial charge < -0.3 is 0 Å². The molecule has 2 bridgehead atoms. The van der Waals surface area contributed by atoms with Crippen LogP contribution < -0.4 is 16.6 Å². The molecule has 5 rings (SSSR count). The highest BCUT2D eigenvalue weighted by Gasteiger charge is 2.57. The normalized spacial score (nSPS) is 23.2. The summed E-state index contributed by atoms with van der Waals surface area (Å²) in [5.41, 5.74) is -0.214. The summed E-state index contributed by atoms with van der Waals surface area (Å²) in [7, 11) is -2.14. The predicted molar refractivity (Wildman–Crippen MR) is 114 cm³/mol. The second-order valence-corrected chi connectivity index (χ2v) is 13.2. The standard InChI is InChI=1S/C22H23N3O3Si/c1-29(2,16-11-7-4-8-12-16)20-17-13-14-18(26)19(20)25-22(28)23(21(27)24(17)25)15-9-5-3-6-10-15/h3-12,17,19-20H,13-14H2,1-2H3/t17-,19+,20+/m1/s1. The summed E-state index contributed by atoms with van der Waals surface area (Å²) in [6.07, 6.45) is 1.03. The number of carbonyl (C=O) groups is 1. The number of hydrogen-bond acceptors (Lipinski definition) is 3. The van der Waals surface area contributed by atoms with E-state index in [1.807, 2.05) is 24.3 Å². The molecule has 3 atom stereocenters. The number of aromatic nitrogens is 3. The molecular formula is C22H23N3O3Si. The molecule has 0 unspecified atom stereocenters. The Morgan fingerprint density at radius 3 is 2.07 bits per heavy atom. The highest BCUT2D eigenvalue weighted by atomic mass is 28.3. The molecule has 0 N–H and O–H groups in total. The summed E-state index contributed by atoms with van der Waals surface area (Å²) < 4.78 is 4.26. The molecule has 1 aromatic heterocycles. The van der Waals surface area contributed by atoms with E-state index in [1.165, 1.54) is 14.4 Å². The van der Waals surface area contributed by atoms with E-state index in [9.17, 15) is 14.4 Å². The largest absolute Gasteiger partial charge is 0.352 e. The van der Waals surface area contributed by atoms with Gasteiger partial charge in [-0.1, -0.05) is 66.8 Å². The van der Waals surface area contributed by atoms with Crippen LogP contribution in [0.5, 0.6) is 0 Å². The van der Waals surface area contributed by atoms with Crippen LogP contribution >= 0.6 is 0 Å². The minimum absolute atomic E-state index is 0.00280. The molecule has 0 amide bonds.